The molecule has 0 heterocycles. The predicted molar refractivity (Wildman–Crippen MR) is 95.7 cm³/mol. The highest BCUT2D eigenvalue weighted by Crippen LogP contribution is 2.10. The summed E-state index contributed by atoms with van der Waals surface area (Å²) >= 11 is 5.93. The number of hydrogen-bond donors (Lipinski definition) is 1. The molecule has 0 saturated carbocycles. The van der Waals surface area contributed by atoms with Crippen LogP contribution in [0.5, 0.6) is 0 Å². The Hall–Kier alpha value is -2.33. The van der Waals surface area contributed by atoms with Gasteiger partial charge in [-0.1, -0.05) is 54.1 Å². The molecule has 0 aliphatic heterocycles. The van der Waals surface area contributed by atoms with Gasteiger partial charge in [0.25, 0.3) is 0 Å². The fraction of sp³-hybridized carbons (Fsp3) is 0.263. The van der Waals surface area contributed by atoms with Gasteiger partial charge < -0.3 is 10.2 Å². The van der Waals surface area contributed by atoms with Crippen LogP contribution in [0.2, 0.25) is 5.02 Å². The van der Waals surface area contributed by atoms with Gasteiger partial charge in [-0.3, -0.25) is 9.59 Å². The predicted octanol–water partition coefficient (Wildman–Crippen LogP) is 3.05. The molecule has 5 heteroatoms. The van der Waals surface area contributed by atoms with Crippen LogP contribution >= 0.6 is 11.6 Å². The summed E-state index contributed by atoms with van der Waals surface area (Å²) in [6.45, 7) is 3.17. The van der Waals surface area contributed by atoms with Crippen molar-refractivity contribution in [1.82, 2.24) is 10.2 Å². The zero-order valence-corrected chi connectivity index (χ0v) is 14.4. The van der Waals surface area contributed by atoms with Crippen LogP contribution in [0.3, 0.4) is 0 Å². The van der Waals surface area contributed by atoms with E-state index in [1.165, 1.54) is 4.90 Å². The SMILES string of the molecule is CCN(Cc1ccccc1)C(=O)C(=O)NCCc1cccc(Cl)c1. The number of rotatable bonds is 6. The van der Waals surface area contributed by atoms with Crippen molar-refractivity contribution in [1.29, 1.82) is 0 Å². The Morgan fingerprint density at radius 1 is 1.04 bits per heavy atom. The number of nitrogens with one attached hydrogen (secondary N) is 1. The minimum Gasteiger partial charge on any atom is -0.347 e. The lowest BCUT2D eigenvalue weighted by Crippen LogP contribution is -2.43. The smallest absolute Gasteiger partial charge is 0.312 e. The van der Waals surface area contributed by atoms with Gasteiger partial charge >= 0.3 is 11.8 Å². The molecule has 0 aromatic heterocycles. The average Bonchev–Trinajstić information content (AvgIpc) is 2.60. The van der Waals surface area contributed by atoms with E-state index in [1.807, 2.05) is 55.5 Å². The molecule has 0 spiro atoms. The summed E-state index contributed by atoms with van der Waals surface area (Å²) in [5.74, 6) is -1.08. The van der Waals surface area contributed by atoms with Crippen LogP contribution < -0.4 is 5.32 Å². The van der Waals surface area contributed by atoms with E-state index in [9.17, 15) is 9.59 Å². The molecular formula is C19H21ClN2O2. The summed E-state index contributed by atoms with van der Waals surface area (Å²) in [6.07, 6.45) is 0.629. The van der Waals surface area contributed by atoms with Crippen LogP contribution in [0.15, 0.2) is 54.6 Å². The van der Waals surface area contributed by atoms with E-state index < -0.39 is 11.8 Å². The zero-order chi connectivity index (χ0) is 17.4. The van der Waals surface area contributed by atoms with E-state index in [0.717, 1.165) is 11.1 Å². The lowest BCUT2D eigenvalue weighted by atomic mass is 10.1. The van der Waals surface area contributed by atoms with Crippen LogP contribution in [-0.4, -0.2) is 29.8 Å². The van der Waals surface area contributed by atoms with Crippen LogP contribution in [0.1, 0.15) is 18.1 Å². The lowest BCUT2D eigenvalue weighted by Gasteiger charge is -2.20. The van der Waals surface area contributed by atoms with E-state index in [4.69, 9.17) is 11.6 Å². The minimum absolute atomic E-state index is 0.397. The molecule has 0 unspecified atom stereocenters. The first-order valence-corrected chi connectivity index (χ1v) is 8.33. The second-order valence-corrected chi connectivity index (χ2v) is 5.88. The number of benzene rings is 2. The molecule has 2 rings (SSSR count). The third-order valence-electron chi connectivity index (χ3n) is 3.67. The van der Waals surface area contributed by atoms with Crippen molar-refractivity contribution in [2.45, 2.75) is 19.9 Å². The molecule has 1 N–H and O–H groups in total. The summed E-state index contributed by atoms with van der Waals surface area (Å²) in [6, 6.07) is 17.1. The Morgan fingerprint density at radius 2 is 1.75 bits per heavy atom. The molecule has 2 aromatic rings. The maximum Gasteiger partial charge on any atom is 0.312 e. The Balaban J connectivity index is 1.84. The first-order valence-electron chi connectivity index (χ1n) is 7.95. The number of carbonyl (C=O) groups is 2. The Bertz CT molecular complexity index is 689. The quantitative estimate of drug-likeness (QED) is 0.819. The van der Waals surface area contributed by atoms with Crippen LogP contribution in [-0.2, 0) is 22.6 Å². The molecule has 4 nitrogen and oxygen atoms in total. The van der Waals surface area contributed by atoms with E-state index >= 15 is 0 Å². The van der Waals surface area contributed by atoms with Crippen molar-refractivity contribution < 1.29 is 9.59 Å². The van der Waals surface area contributed by atoms with Crippen LogP contribution in [0.25, 0.3) is 0 Å². The lowest BCUT2D eigenvalue weighted by molar-refractivity contribution is -0.146. The second kappa shape index (κ2) is 9.08. The molecule has 0 aliphatic carbocycles. The topological polar surface area (TPSA) is 49.4 Å². The van der Waals surface area contributed by atoms with Crippen molar-refractivity contribution in [2.75, 3.05) is 13.1 Å². The maximum absolute atomic E-state index is 12.3. The van der Waals surface area contributed by atoms with Gasteiger partial charge in [0.2, 0.25) is 0 Å². The number of carbonyl (C=O) groups excluding carboxylic acids is 2. The number of nitrogens with zero attached hydrogens (tertiary/aromatic N) is 1. The van der Waals surface area contributed by atoms with E-state index in [1.54, 1.807) is 6.07 Å². The zero-order valence-electron chi connectivity index (χ0n) is 13.7. The fourth-order valence-electron chi connectivity index (χ4n) is 2.36. The van der Waals surface area contributed by atoms with Crippen molar-refractivity contribution in [3.63, 3.8) is 0 Å². The number of likely N-dealkylation sites (N-methyl/N-ethyl adjacent to an activating group) is 1. The molecule has 2 aromatic carbocycles. The largest absolute Gasteiger partial charge is 0.347 e. The highest BCUT2D eigenvalue weighted by molar-refractivity contribution is 6.35. The normalized spacial score (nSPS) is 10.2. The Morgan fingerprint density at radius 3 is 2.42 bits per heavy atom. The van der Waals surface area contributed by atoms with Crippen molar-refractivity contribution in [2.24, 2.45) is 0 Å². The number of hydrogen-bond acceptors (Lipinski definition) is 2. The summed E-state index contributed by atoms with van der Waals surface area (Å²) in [5.41, 5.74) is 2.02. The summed E-state index contributed by atoms with van der Waals surface area (Å²) in [5, 5.41) is 3.34. The van der Waals surface area contributed by atoms with Crippen molar-refractivity contribution >= 4 is 23.4 Å². The molecular weight excluding hydrogens is 324 g/mol. The first-order chi connectivity index (χ1) is 11.6. The summed E-state index contributed by atoms with van der Waals surface area (Å²) < 4.78 is 0. The average molecular weight is 345 g/mol. The number of amides is 2. The van der Waals surface area contributed by atoms with E-state index in [0.29, 0.717) is 31.1 Å². The van der Waals surface area contributed by atoms with Gasteiger partial charge in [0, 0.05) is 24.7 Å². The molecule has 0 fully saturated rings. The molecule has 0 bridgehead atoms. The van der Waals surface area contributed by atoms with Crippen LogP contribution in [0.4, 0.5) is 0 Å². The third kappa shape index (κ3) is 5.39. The monoisotopic (exact) mass is 344 g/mol. The van der Waals surface area contributed by atoms with Gasteiger partial charge in [0.1, 0.15) is 0 Å². The van der Waals surface area contributed by atoms with Gasteiger partial charge in [-0.2, -0.15) is 0 Å². The van der Waals surface area contributed by atoms with E-state index in [-0.39, 0.29) is 0 Å². The molecule has 126 valence electrons. The summed E-state index contributed by atoms with van der Waals surface area (Å²) in [4.78, 5) is 25.9. The van der Waals surface area contributed by atoms with Crippen LogP contribution in [0, 0.1) is 0 Å². The number of halogens is 1. The van der Waals surface area contributed by atoms with Gasteiger partial charge in [0.15, 0.2) is 0 Å². The molecule has 0 atom stereocenters. The highest BCUT2D eigenvalue weighted by Gasteiger charge is 2.20. The van der Waals surface area contributed by atoms with Gasteiger partial charge in [-0.15, -0.1) is 0 Å². The van der Waals surface area contributed by atoms with Gasteiger partial charge in [-0.05, 0) is 36.6 Å². The third-order valence-corrected chi connectivity index (χ3v) is 3.90. The van der Waals surface area contributed by atoms with Crippen molar-refractivity contribution in [3.8, 4) is 0 Å². The Kier molecular flexibility index (Phi) is 6.82. The highest BCUT2D eigenvalue weighted by atomic mass is 35.5. The van der Waals surface area contributed by atoms with Gasteiger partial charge in [0.05, 0.1) is 0 Å². The standard InChI is InChI=1S/C19H21ClN2O2/c1-2-22(14-16-7-4-3-5-8-16)19(24)18(23)21-12-11-15-9-6-10-17(20)13-15/h3-10,13H,2,11-12,14H2,1H3,(H,21,23). The second-order valence-electron chi connectivity index (χ2n) is 5.44. The Labute approximate surface area is 147 Å². The minimum atomic E-state index is -0.574. The molecule has 0 radical (unpaired) electrons. The maximum atomic E-state index is 12.3. The van der Waals surface area contributed by atoms with E-state index in [2.05, 4.69) is 5.32 Å². The van der Waals surface area contributed by atoms with Gasteiger partial charge in [-0.25, -0.2) is 0 Å². The molecule has 2 amide bonds. The molecule has 0 aliphatic rings. The first kappa shape index (κ1) is 18.0. The van der Waals surface area contributed by atoms with Crippen molar-refractivity contribution in [3.05, 3.63) is 70.7 Å². The fourth-order valence-corrected chi connectivity index (χ4v) is 2.58. The summed E-state index contributed by atoms with van der Waals surface area (Å²) in [7, 11) is 0. The molecule has 24 heavy (non-hydrogen) atoms. The molecule has 0 saturated heterocycles.